The Morgan fingerprint density at radius 1 is 1.06 bits per heavy atom. The van der Waals surface area contributed by atoms with Crippen LogP contribution < -0.4 is 5.32 Å². The van der Waals surface area contributed by atoms with Crippen molar-refractivity contribution >= 4 is 28.2 Å². The number of anilines is 1. The van der Waals surface area contributed by atoms with Crippen LogP contribution in [0.4, 0.5) is 23.2 Å². The van der Waals surface area contributed by atoms with Crippen molar-refractivity contribution in [3.63, 3.8) is 0 Å². The van der Waals surface area contributed by atoms with Gasteiger partial charge in [0.1, 0.15) is 5.82 Å². The number of nitrogens with one attached hydrogen (secondary N) is 1. The molecule has 33 heavy (non-hydrogen) atoms. The van der Waals surface area contributed by atoms with Crippen molar-refractivity contribution in [1.29, 1.82) is 5.26 Å². The van der Waals surface area contributed by atoms with Gasteiger partial charge in [-0.15, -0.1) is 0 Å². The van der Waals surface area contributed by atoms with E-state index in [0.717, 1.165) is 0 Å². The van der Waals surface area contributed by atoms with Crippen LogP contribution >= 0.6 is 11.6 Å². The summed E-state index contributed by atoms with van der Waals surface area (Å²) in [7, 11) is 0. The molecular weight excluding hydrogens is 460 g/mol. The van der Waals surface area contributed by atoms with Gasteiger partial charge >= 0.3 is 6.18 Å². The van der Waals surface area contributed by atoms with Gasteiger partial charge in [0.2, 0.25) is 5.60 Å². The van der Waals surface area contributed by atoms with Crippen LogP contribution in [0.3, 0.4) is 0 Å². The lowest BCUT2D eigenvalue weighted by Crippen LogP contribution is -2.47. The summed E-state index contributed by atoms with van der Waals surface area (Å²) in [5.74, 6) is -0.428. The molecule has 0 bridgehead atoms. The van der Waals surface area contributed by atoms with Crippen LogP contribution in [0.25, 0.3) is 16.6 Å². The molecule has 168 valence electrons. The lowest BCUT2D eigenvalue weighted by atomic mass is 9.92. The predicted octanol–water partition coefficient (Wildman–Crippen LogP) is 5.55. The molecule has 2 N–H and O–H groups in total. The molecule has 1 unspecified atom stereocenters. The summed E-state index contributed by atoms with van der Waals surface area (Å²) in [5, 5.41) is 26.7. The molecular formula is C23H15ClF4N4O. The van der Waals surface area contributed by atoms with Crippen LogP contribution in [0.5, 0.6) is 0 Å². The summed E-state index contributed by atoms with van der Waals surface area (Å²) in [6.07, 6.45) is -3.65. The van der Waals surface area contributed by atoms with Gasteiger partial charge in [0.15, 0.2) is 0 Å². The Labute approximate surface area is 190 Å². The molecule has 0 saturated heterocycles. The molecule has 1 atom stereocenters. The highest BCUT2D eigenvalue weighted by atomic mass is 35.5. The van der Waals surface area contributed by atoms with E-state index in [0.29, 0.717) is 16.6 Å². The zero-order valence-corrected chi connectivity index (χ0v) is 17.5. The first-order valence-electron chi connectivity index (χ1n) is 9.59. The van der Waals surface area contributed by atoms with E-state index < -0.39 is 29.7 Å². The SMILES string of the molecule is N#Cc1ccc(NCC(O)(c2ccc3c(cnn3-c3ccc(F)cc3)c2)C(F)(F)F)c(Cl)c1. The van der Waals surface area contributed by atoms with Gasteiger partial charge < -0.3 is 10.4 Å². The molecule has 0 aliphatic heterocycles. The average Bonchev–Trinajstić information content (AvgIpc) is 3.21. The molecule has 4 aromatic rings. The third-order valence-corrected chi connectivity index (χ3v) is 5.53. The molecule has 0 amide bonds. The van der Waals surface area contributed by atoms with Gasteiger partial charge in [-0.2, -0.15) is 23.5 Å². The minimum Gasteiger partial charge on any atom is -0.380 e. The maximum atomic E-state index is 14.0. The molecule has 1 heterocycles. The van der Waals surface area contributed by atoms with E-state index in [9.17, 15) is 22.7 Å². The van der Waals surface area contributed by atoms with Gasteiger partial charge in [-0.25, -0.2) is 9.07 Å². The van der Waals surface area contributed by atoms with E-state index in [2.05, 4.69) is 10.4 Å². The van der Waals surface area contributed by atoms with E-state index in [4.69, 9.17) is 16.9 Å². The van der Waals surface area contributed by atoms with Crippen LogP contribution in [-0.4, -0.2) is 27.6 Å². The maximum Gasteiger partial charge on any atom is 0.423 e. The topological polar surface area (TPSA) is 73.9 Å². The summed E-state index contributed by atoms with van der Waals surface area (Å²) < 4.78 is 56.7. The third kappa shape index (κ3) is 4.23. The Morgan fingerprint density at radius 2 is 1.79 bits per heavy atom. The molecule has 10 heteroatoms. The highest BCUT2D eigenvalue weighted by Crippen LogP contribution is 2.40. The molecule has 0 fully saturated rings. The van der Waals surface area contributed by atoms with Crippen LogP contribution in [-0.2, 0) is 5.60 Å². The van der Waals surface area contributed by atoms with E-state index in [1.54, 1.807) is 0 Å². The normalized spacial score (nSPS) is 13.5. The van der Waals surface area contributed by atoms with Crippen molar-refractivity contribution in [3.8, 4) is 11.8 Å². The molecule has 0 aliphatic rings. The molecule has 3 aromatic carbocycles. The highest BCUT2D eigenvalue weighted by molar-refractivity contribution is 6.33. The van der Waals surface area contributed by atoms with Crippen molar-refractivity contribution in [2.75, 3.05) is 11.9 Å². The Kier molecular flexibility index (Phi) is 5.74. The summed E-state index contributed by atoms with van der Waals surface area (Å²) in [6.45, 7) is -0.917. The van der Waals surface area contributed by atoms with Gasteiger partial charge in [-0.1, -0.05) is 17.7 Å². The van der Waals surface area contributed by atoms with Crippen molar-refractivity contribution < 1.29 is 22.7 Å². The number of nitrogens with zero attached hydrogens (tertiary/aromatic N) is 3. The van der Waals surface area contributed by atoms with E-state index in [-0.39, 0.29) is 16.3 Å². The van der Waals surface area contributed by atoms with Crippen LogP contribution in [0.15, 0.2) is 66.9 Å². The quantitative estimate of drug-likeness (QED) is 0.372. The standard InChI is InChI=1S/C23H15ClF4N4O/c24-19-9-14(11-29)1-7-20(19)30-13-22(33,23(26,27)28)16-2-8-21-15(10-16)12-31-32(21)18-5-3-17(25)4-6-18/h1-10,12,30,33H,13H2. The fourth-order valence-corrected chi connectivity index (χ4v) is 3.64. The number of rotatable bonds is 5. The predicted molar refractivity (Wildman–Crippen MR) is 116 cm³/mol. The number of fused-ring (bicyclic) bond motifs is 1. The van der Waals surface area contributed by atoms with Gasteiger partial charge in [-0.3, -0.25) is 0 Å². The van der Waals surface area contributed by atoms with Gasteiger partial charge in [-0.05, 0) is 60.2 Å². The first-order valence-corrected chi connectivity index (χ1v) is 9.97. The molecule has 0 radical (unpaired) electrons. The van der Waals surface area contributed by atoms with Crippen molar-refractivity contribution in [2.45, 2.75) is 11.8 Å². The Bertz CT molecular complexity index is 1360. The first kappa shape index (κ1) is 22.6. The zero-order chi connectivity index (χ0) is 23.8. The number of benzene rings is 3. The minimum absolute atomic E-state index is 0.0506. The fourth-order valence-electron chi connectivity index (χ4n) is 3.40. The van der Waals surface area contributed by atoms with Crippen LogP contribution in [0.1, 0.15) is 11.1 Å². The Balaban J connectivity index is 1.69. The van der Waals surface area contributed by atoms with Crippen molar-refractivity contribution in [3.05, 3.63) is 88.8 Å². The molecule has 0 aliphatic carbocycles. The van der Waals surface area contributed by atoms with E-state index in [1.807, 2.05) is 6.07 Å². The monoisotopic (exact) mass is 474 g/mol. The van der Waals surface area contributed by atoms with Crippen molar-refractivity contribution in [1.82, 2.24) is 9.78 Å². The lowest BCUT2D eigenvalue weighted by Gasteiger charge is -2.31. The largest absolute Gasteiger partial charge is 0.423 e. The minimum atomic E-state index is -5.01. The zero-order valence-electron chi connectivity index (χ0n) is 16.7. The number of nitriles is 1. The summed E-state index contributed by atoms with van der Waals surface area (Å²) in [6, 6.07) is 15.2. The highest BCUT2D eigenvalue weighted by Gasteiger charge is 2.55. The second-order valence-corrected chi connectivity index (χ2v) is 7.73. The molecule has 0 spiro atoms. The molecule has 0 saturated carbocycles. The Morgan fingerprint density at radius 3 is 2.42 bits per heavy atom. The molecule has 5 nitrogen and oxygen atoms in total. The Hall–Kier alpha value is -3.61. The fraction of sp³-hybridized carbons (Fsp3) is 0.130. The van der Waals surface area contributed by atoms with E-state index in [1.165, 1.54) is 71.5 Å². The summed E-state index contributed by atoms with van der Waals surface area (Å²) in [4.78, 5) is 0. The second-order valence-electron chi connectivity index (χ2n) is 7.32. The third-order valence-electron chi connectivity index (χ3n) is 5.22. The van der Waals surface area contributed by atoms with E-state index >= 15 is 0 Å². The number of hydrogen-bond donors (Lipinski definition) is 2. The number of halogens is 5. The number of alkyl halides is 3. The van der Waals surface area contributed by atoms with Gasteiger partial charge in [0.25, 0.3) is 0 Å². The summed E-state index contributed by atoms with van der Waals surface area (Å²) in [5.41, 5.74) is -2.22. The van der Waals surface area contributed by atoms with Gasteiger partial charge in [0, 0.05) is 5.39 Å². The van der Waals surface area contributed by atoms with Gasteiger partial charge in [0.05, 0.1) is 46.3 Å². The van der Waals surface area contributed by atoms with Crippen LogP contribution in [0.2, 0.25) is 5.02 Å². The molecule has 1 aromatic heterocycles. The number of aromatic nitrogens is 2. The van der Waals surface area contributed by atoms with Crippen molar-refractivity contribution in [2.24, 2.45) is 0 Å². The first-order chi connectivity index (χ1) is 15.6. The lowest BCUT2D eigenvalue weighted by molar-refractivity contribution is -0.260. The average molecular weight is 475 g/mol. The smallest absolute Gasteiger partial charge is 0.380 e. The summed E-state index contributed by atoms with van der Waals surface area (Å²) >= 11 is 6.04. The number of hydrogen-bond acceptors (Lipinski definition) is 4. The number of aliphatic hydroxyl groups is 1. The maximum absolute atomic E-state index is 14.0. The molecule has 4 rings (SSSR count). The van der Waals surface area contributed by atoms with Crippen LogP contribution in [0, 0.1) is 17.1 Å². The second kappa shape index (κ2) is 8.39.